The van der Waals surface area contributed by atoms with Crippen molar-refractivity contribution in [2.45, 2.75) is 19.3 Å². The first kappa shape index (κ1) is 16.4. The van der Waals surface area contributed by atoms with Crippen LogP contribution in [0.25, 0.3) is 5.57 Å². The van der Waals surface area contributed by atoms with E-state index in [1.54, 1.807) is 18.2 Å². The van der Waals surface area contributed by atoms with Crippen LogP contribution in [0.3, 0.4) is 0 Å². The number of allylic oxidation sites excluding steroid dienone is 1. The van der Waals surface area contributed by atoms with E-state index in [1.807, 2.05) is 6.07 Å². The van der Waals surface area contributed by atoms with Crippen molar-refractivity contribution >= 4 is 22.9 Å². The van der Waals surface area contributed by atoms with Crippen molar-refractivity contribution in [3.63, 3.8) is 0 Å². The molecule has 1 aromatic heterocycles. The summed E-state index contributed by atoms with van der Waals surface area (Å²) >= 11 is 0. The topological polar surface area (TPSA) is 131 Å². The lowest BCUT2D eigenvalue weighted by Gasteiger charge is -2.30. The van der Waals surface area contributed by atoms with Crippen LogP contribution >= 0.6 is 0 Å². The van der Waals surface area contributed by atoms with Gasteiger partial charge in [-0.3, -0.25) is 0 Å². The van der Waals surface area contributed by atoms with E-state index in [9.17, 15) is 9.90 Å². The van der Waals surface area contributed by atoms with Crippen LogP contribution in [0.4, 0.5) is 11.4 Å². The van der Waals surface area contributed by atoms with E-state index in [2.05, 4.69) is 30.8 Å². The largest absolute Gasteiger partial charge is 0.478 e. The summed E-state index contributed by atoms with van der Waals surface area (Å²) in [6.07, 6.45) is 4.73. The number of carboxylic acids is 1. The quantitative estimate of drug-likeness (QED) is 0.704. The molecule has 0 spiro atoms. The van der Waals surface area contributed by atoms with Crippen LogP contribution in [-0.4, -0.2) is 44.8 Å². The molecule has 25 heavy (non-hydrogen) atoms. The summed E-state index contributed by atoms with van der Waals surface area (Å²) in [5.41, 5.74) is 1.71. The molecule has 3 rings (SSSR count). The molecule has 0 atom stereocenters. The molecule has 1 fully saturated rings. The molecular formula is C16H17N7O2. The Labute approximate surface area is 144 Å². The number of hydrogen-bond donors (Lipinski definition) is 3. The zero-order valence-electron chi connectivity index (χ0n) is 13.4. The van der Waals surface area contributed by atoms with Gasteiger partial charge in [0.1, 0.15) is 11.6 Å². The molecule has 2 heterocycles. The molecule has 0 unspecified atom stereocenters. The number of benzene rings is 1. The van der Waals surface area contributed by atoms with Gasteiger partial charge in [0.2, 0.25) is 5.82 Å². The van der Waals surface area contributed by atoms with Gasteiger partial charge in [0.15, 0.2) is 0 Å². The number of piperidine rings is 1. The molecule has 0 bridgehead atoms. The van der Waals surface area contributed by atoms with E-state index < -0.39 is 5.97 Å². The molecule has 9 heteroatoms. The van der Waals surface area contributed by atoms with Crippen LogP contribution in [0.5, 0.6) is 0 Å². The zero-order valence-corrected chi connectivity index (χ0v) is 13.4. The SMILES string of the molecule is N#CC(=CNc1ccc(N2CCCCC2)c(C(=O)O)c1)c1nn[nH]n1. The van der Waals surface area contributed by atoms with Gasteiger partial charge in [0.05, 0.1) is 11.3 Å². The Morgan fingerprint density at radius 1 is 1.36 bits per heavy atom. The molecule has 2 aromatic rings. The number of carbonyl (C=O) groups is 1. The first-order chi connectivity index (χ1) is 12.2. The molecule has 1 aliphatic rings. The number of aromatic nitrogens is 4. The molecule has 128 valence electrons. The fourth-order valence-corrected chi connectivity index (χ4v) is 2.79. The van der Waals surface area contributed by atoms with Gasteiger partial charge in [-0.1, -0.05) is 0 Å². The average Bonchev–Trinajstić information content (AvgIpc) is 3.17. The van der Waals surface area contributed by atoms with Gasteiger partial charge in [0, 0.05) is 25.0 Å². The van der Waals surface area contributed by atoms with Crippen LogP contribution < -0.4 is 10.2 Å². The third-order valence-electron chi connectivity index (χ3n) is 4.01. The zero-order chi connectivity index (χ0) is 17.6. The van der Waals surface area contributed by atoms with Gasteiger partial charge in [-0.05, 0) is 42.7 Å². The van der Waals surface area contributed by atoms with E-state index in [0.717, 1.165) is 31.6 Å². The minimum atomic E-state index is -0.980. The highest BCUT2D eigenvalue weighted by atomic mass is 16.4. The highest BCUT2D eigenvalue weighted by Crippen LogP contribution is 2.27. The lowest BCUT2D eigenvalue weighted by Crippen LogP contribution is -2.30. The Morgan fingerprint density at radius 2 is 2.16 bits per heavy atom. The second-order valence-electron chi connectivity index (χ2n) is 5.63. The molecule has 0 radical (unpaired) electrons. The number of tetrazole rings is 1. The van der Waals surface area contributed by atoms with Gasteiger partial charge >= 0.3 is 5.97 Å². The summed E-state index contributed by atoms with van der Waals surface area (Å²) in [6.45, 7) is 1.73. The summed E-state index contributed by atoms with van der Waals surface area (Å²) in [7, 11) is 0. The lowest BCUT2D eigenvalue weighted by atomic mass is 10.1. The molecule has 0 amide bonds. The van der Waals surface area contributed by atoms with E-state index in [1.165, 1.54) is 12.6 Å². The van der Waals surface area contributed by atoms with Crippen molar-refractivity contribution in [1.82, 2.24) is 20.6 Å². The van der Waals surface area contributed by atoms with Crippen LogP contribution in [-0.2, 0) is 0 Å². The monoisotopic (exact) mass is 339 g/mol. The number of H-pyrrole nitrogens is 1. The maximum atomic E-state index is 11.6. The number of rotatable bonds is 5. The first-order valence-corrected chi connectivity index (χ1v) is 7.92. The van der Waals surface area contributed by atoms with E-state index in [-0.39, 0.29) is 17.0 Å². The van der Waals surface area contributed by atoms with Crippen molar-refractivity contribution < 1.29 is 9.90 Å². The Balaban J connectivity index is 1.84. The van der Waals surface area contributed by atoms with E-state index in [0.29, 0.717) is 5.69 Å². The molecule has 3 N–H and O–H groups in total. The normalized spacial score (nSPS) is 14.8. The van der Waals surface area contributed by atoms with Crippen molar-refractivity contribution in [3.8, 4) is 6.07 Å². The Hall–Kier alpha value is -3.41. The first-order valence-electron chi connectivity index (χ1n) is 7.92. The number of carboxylic acid groups (broad SMARTS) is 1. The maximum Gasteiger partial charge on any atom is 0.337 e. The summed E-state index contributed by atoms with van der Waals surface area (Å²) in [6, 6.07) is 7.11. The predicted molar refractivity (Wildman–Crippen MR) is 90.9 cm³/mol. The van der Waals surface area contributed by atoms with Crippen LogP contribution in [0.2, 0.25) is 0 Å². The predicted octanol–water partition coefficient (Wildman–Crippen LogP) is 1.86. The van der Waals surface area contributed by atoms with E-state index in [4.69, 9.17) is 5.26 Å². The third-order valence-corrected chi connectivity index (χ3v) is 4.01. The van der Waals surface area contributed by atoms with Gasteiger partial charge in [0.25, 0.3) is 0 Å². The molecule has 1 aliphatic heterocycles. The lowest BCUT2D eigenvalue weighted by molar-refractivity contribution is 0.0697. The molecular weight excluding hydrogens is 322 g/mol. The van der Waals surface area contributed by atoms with Crippen LogP contribution in [0.1, 0.15) is 35.4 Å². The molecule has 0 saturated carbocycles. The summed E-state index contributed by atoms with van der Waals surface area (Å²) in [4.78, 5) is 13.7. The Kier molecular flexibility index (Phi) is 4.89. The highest BCUT2D eigenvalue weighted by molar-refractivity contribution is 5.96. The van der Waals surface area contributed by atoms with Gasteiger partial charge < -0.3 is 15.3 Å². The molecule has 1 aromatic carbocycles. The summed E-state index contributed by atoms with van der Waals surface area (Å²) < 4.78 is 0. The number of aromatic carboxylic acids is 1. The molecule has 1 saturated heterocycles. The second kappa shape index (κ2) is 7.44. The third kappa shape index (κ3) is 3.74. The Bertz CT molecular complexity index is 818. The maximum absolute atomic E-state index is 11.6. The van der Waals surface area contributed by atoms with E-state index >= 15 is 0 Å². The summed E-state index contributed by atoms with van der Waals surface area (Å²) in [5, 5.41) is 34.8. The van der Waals surface area contributed by atoms with Crippen molar-refractivity contribution in [1.29, 1.82) is 5.26 Å². The van der Waals surface area contributed by atoms with Gasteiger partial charge in [-0.15, -0.1) is 10.2 Å². The van der Waals surface area contributed by atoms with Crippen LogP contribution in [0.15, 0.2) is 24.4 Å². The number of anilines is 2. The number of nitriles is 1. The smallest absolute Gasteiger partial charge is 0.337 e. The number of hydrogen-bond acceptors (Lipinski definition) is 7. The summed E-state index contributed by atoms with van der Waals surface area (Å²) in [5.74, 6) is -0.815. The highest BCUT2D eigenvalue weighted by Gasteiger charge is 2.18. The molecule has 0 aliphatic carbocycles. The average molecular weight is 339 g/mol. The minimum Gasteiger partial charge on any atom is -0.478 e. The second-order valence-corrected chi connectivity index (χ2v) is 5.63. The van der Waals surface area contributed by atoms with Crippen molar-refractivity contribution in [3.05, 3.63) is 35.8 Å². The van der Waals surface area contributed by atoms with Crippen molar-refractivity contribution in [2.24, 2.45) is 0 Å². The minimum absolute atomic E-state index is 0.165. The van der Waals surface area contributed by atoms with Crippen LogP contribution in [0, 0.1) is 11.3 Å². The fraction of sp³-hybridized carbons (Fsp3) is 0.312. The molecule has 9 nitrogen and oxygen atoms in total. The fourth-order valence-electron chi connectivity index (χ4n) is 2.79. The van der Waals surface area contributed by atoms with Gasteiger partial charge in [-0.2, -0.15) is 10.5 Å². The number of nitrogens with zero attached hydrogens (tertiary/aromatic N) is 5. The Morgan fingerprint density at radius 3 is 2.80 bits per heavy atom. The van der Waals surface area contributed by atoms with Crippen molar-refractivity contribution in [2.75, 3.05) is 23.3 Å². The van der Waals surface area contributed by atoms with Gasteiger partial charge in [-0.25, -0.2) is 4.79 Å². The number of nitrogens with one attached hydrogen (secondary N) is 2. The number of aromatic amines is 1. The standard InChI is InChI=1S/C16H17N7O2/c17-9-11(15-19-21-22-20-15)10-18-12-4-5-14(13(8-12)16(24)25)23-6-2-1-3-7-23/h4-5,8,10,18H,1-3,6-7H2,(H,24,25)(H,19,20,21,22).